The highest BCUT2D eigenvalue weighted by Crippen LogP contribution is 2.15. The number of nitrogens with zero attached hydrogens (tertiary/aromatic N) is 1. The van der Waals surface area contributed by atoms with Crippen molar-refractivity contribution in [2.75, 3.05) is 6.54 Å². The summed E-state index contributed by atoms with van der Waals surface area (Å²) in [5.74, 6) is -1.79. The molecule has 3 rings (SSSR count). The zero-order valence-corrected chi connectivity index (χ0v) is 25.1. The molecule has 0 aliphatic carbocycles. The molecule has 0 radical (unpaired) electrons. The molecular formula is C31H38ClN5O5. The average Bonchev–Trinajstić information content (AvgIpc) is 3.39. The third-order valence-electron chi connectivity index (χ3n) is 6.30. The molecule has 0 aliphatic heterocycles. The lowest BCUT2D eigenvalue weighted by molar-refractivity contribution is -0.131. The molecule has 0 saturated heterocycles. The number of hydrogen-bond acceptors (Lipinski definition) is 6. The predicted molar refractivity (Wildman–Crippen MR) is 160 cm³/mol. The summed E-state index contributed by atoms with van der Waals surface area (Å²) >= 11 is 6.25. The van der Waals surface area contributed by atoms with E-state index in [9.17, 15) is 19.2 Å². The van der Waals surface area contributed by atoms with E-state index in [0.717, 1.165) is 11.1 Å². The Morgan fingerprint density at radius 3 is 2.24 bits per heavy atom. The second-order valence-corrected chi connectivity index (χ2v) is 11.7. The van der Waals surface area contributed by atoms with Gasteiger partial charge in [0.05, 0.1) is 6.42 Å². The minimum absolute atomic E-state index is 0.0292. The average molecular weight is 596 g/mol. The molecule has 1 aromatic heterocycles. The zero-order valence-electron chi connectivity index (χ0n) is 24.3. The van der Waals surface area contributed by atoms with Crippen molar-refractivity contribution in [1.82, 2.24) is 26.4 Å². The Morgan fingerprint density at radius 1 is 0.905 bits per heavy atom. The lowest BCUT2D eigenvalue weighted by atomic mass is 9.97. The predicted octanol–water partition coefficient (Wildman–Crippen LogP) is 3.72. The van der Waals surface area contributed by atoms with Crippen LogP contribution in [0.25, 0.3) is 0 Å². The highest BCUT2D eigenvalue weighted by molar-refractivity contribution is 6.31. The second-order valence-electron chi connectivity index (χ2n) is 11.3. The van der Waals surface area contributed by atoms with Crippen LogP contribution >= 0.6 is 11.6 Å². The van der Waals surface area contributed by atoms with Gasteiger partial charge in [-0.2, -0.15) is 0 Å². The van der Waals surface area contributed by atoms with Crippen molar-refractivity contribution in [2.24, 2.45) is 5.41 Å². The summed E-state index contributed by atoms with van der Waals surface area (Å²) in [5.41, 5.74) is 1.50. The summed E-state index contributed by atoms with van der Waals surface area (Å²) < 4.78 is 4.97. The first-order valence-corrected chi connectivity index (χ1v) is 14.2. The van der Waals surface area contributed by atoms with E-state index in [-0.39, 0.29) is 30.5 Å². The molecule has 0 fully saturated rings. The van der Waals surface area contributed by atoms with Gasteiger partial charge >= 0.3 is 0 Å². The Balaban J connectivity index is 1.77. The molecule has 2 atom stereocenters. The van der Waals surface area contributed by atoms with Crippen molar-refractivity contribution in [3.8, 4) is 0 Å². The molecule has 10 nitrogen and oxygen atoms in total. The number of carbonyl (C=O) groups is 4. The number of hydrogen-bond donors (Lipinski definition) is 4. The molecule has 1 heterocycles. The monoisotopic (exact) mass is 595 g/mol. The summed E-state index contributed by atoms with van der Waals surface area (Å²) in [5, 5.41) is 15.2. The number of aryl methyl sites for hydroxylation is 2. The van der Waals surface area contributed by atoms with Gasteiger partial charge in [-0.05, 0) is 42.4 Å². The first-order chi connectivity index (χ1) is 19.9. The van der Waals surface area contributed by atoms with Crippen LogP contribution in [0.2, 0.25) is 5.02 Å². The molecule has 0 unspecified atom stereocenters. The molecule has 11 heteroatoms. The van der Waals surface area contributed by atoms with Crippen molar-refractivity contribution < 1.29 is 23.7 Å². The zero-order chi connectivity index (χ0) is 30.7. The van der Waals surface area contributed by atoms with Crippen molar-refractivity contribution >= 4 is 35.2 Å². The molecule has 0 spiro atoms. The summed E-state index contributed by atoms with van der Waals surface area (Å²) in [6.07, 6.45) is 0.452. The van der Waals surface area contributed by atoms with Crippen LogP contribution in [0.1, 0.15) is 61.0 Å². The Kier molecular flexibility index (Phi) is 11.7. The highest BCUT2D eigenvalue weighted by atomic mass is 35.5. The Morgan fingerprint density at radius 2 is 1.60 bits per heavy atom. The molecule has 224 valence electrons. The Hall–Kier alpha value is -4.18. The van der Waals surface area contributed by atoms with E-state index in [1.165, 1.54) is 6.07 Å². The van der Waals surface area contributed by atoms with E-state index in [0.29, 0.717) is 23.7 Å². The largest absolute Gasteiger partial charge is 0.361 e. The van der Waals surface area contributed by atoms with Gasteiger partial charge < -0.3 is 25.8 Å². The van der Waals surface area contributed by atoms with Crippen molar-refractivity contribution in [1.29, 1.82) is 0 Å². The lowest BCUT2D eigenvalue weighted by Gasteiger charge is -2.24. The lowest BCUT2D eigenvalue weighted by Crippen LogP contribution is -2.55. The maximum atomic E-state index is 13.6. The van der Waals surface area contributed by atoms with Gasteiger partial charge in [0.2, 0.25) is 17.7 Å². The minimum atomic E-state index is -1.27. The van der Waals surface area contributed by atoms with E-state index in [1.54, 1.807) is 25.1 Å². The molecule has 2 aromatic carbocycles. The van der Waals surface area contributed by atoms with Gasteiger partial charge in [0.1, 0.15) is 17.8 Å². The molecule has 3 aromatic rings. The standard InChI is InChI=1S/C31H38ClN5O5/c1-20-16-26(37-42-20)30(41)36-25(17-27(38)34-19-31(2,3)4)29(40)35-24(15-14-21-10-6-5-7-11-21)28(39)33-18-22-12-8-9-13-23(22)32/h5-13,16,24-25H,14-15,17-19H2,1-4H3,(H,33,39)(H,34,38)(H,35,40)(H,36,41)/t24-,25-/m0/s1. The number of benzene rings is 2. The van der Waals surface area contributed by atoms with Gasteiger partial charge in [-0.15, -0.1) is 0 Å². The number of halogens is 1. The molecule has 4 N–H and O–H groups in total. The molecule has 42 heavy (non-hydrogen) atoms. The molecule has 0 saturated carbocycles. The summed E-state index contributed by atoms with van der Waals surface area (Å²) in [4.78, 5) is 52.5. The van der Waals surface area contributed by atoms with E-state index >= 15 is 0 Å². The number of nitrogens with one attached hydrogen (secondary N) is 4. The quantitative estimate of drug-likeness (QED) is 0.237. The summed E-state index contributed by atoms with van der Waals surface area (Å²) in [7, 11) is 0. The Bertz CT molecular complexity index is 1370. The number of carbonyl (C=O) groups excluding carboxylic acids is 4. The van der Waals surface area contributed by atoms with Crippen LogP contribution in [0.5, 0.6) is 0 Å². The van der Waals surface area contributed by atoms with Gasteiger partial charge in [0.25, 0.3) is 5.91 Å². The van der Waals surface area contributed by atoms with Gasteiger partial charge in [-0.1, -0.05) is 86.1 Å². The fourth-order valence-corrected chi connectivity index (χ4v) is 4.18. The van der Waals surface area contributed by atoms with E-state index < -0.39 is 35.7 Å². The van der Waals surface area contributed by atoms with E-state index in [1.807, 2.05) is 57.2 Å². The van der Waals surface area contributed by atoms with Crippen LogP contribution in [0.15, 0.2) is 65.2 Å². The van der Waals surface area contributed by atoms with Crippen LogP contribution in [0.3, 0.4) is 0 Å². The van der Waals surface area contributed by atoms with E-state index in [4.69, 9.17) is 16.1 Å². The summed E-state index contributed by atoms with van der Waals surface area (Å²) in [6, 6.07) is 15.9. The fourth-order valence-electron chi connectivity index (χ4n) is 3.98. The van der Waals surface area contributed by atoms with Crippen molar-refractivity contribution in [3.63, 3.8) is 0 Å². The molecule has 0 bridgehead atoms. The smallest absolute Gasteiger partial charge is 0.274 e. The normalized spacial score (nSPS) is 12.6. The topological polar surface area (TPSA) is 142 Å². The van der Waals surface area contributed by atoms with Gasteiger partial charge in [0.15, 0.2) is 5.69 Å². The fraction of sp³-hybridized carbons (Fsp3) is 0.387. The first-order valence-electron chi connectivity index (χ1n) is 13.8. The molecule has 4 amide bonds. The van der Waals surface area contributed by atoms with Gasteiger partial charge in [-0.25, -0.2) is 0 Å². The van der Waals surface area contributed by atoms with Crippen LogP contribution in [0.4, 0.5) is 0 Å². The first kappa shape index (κ1) is 32.3. The highest BCUT2D eigenvalue weighted by Gasteiger charge is 2.30. The van der Waals surface area contributed by atoms with Crippen LogP contribution in [0, 0.1) is 12.3 Å². The molecule has 0 aliphatic rings. The Labute approximate surface area is 250 Å². The van der Waals surface area contributed by atoms with Crippen LogP contribution < -0.4 is 21.3 Å². The maximum absolute atomic E-state index is 13.6. The van der Waals surface area contributed by atoms with Crippen molar-refractivity contribution in [3.05, 3.63) is 88.3 Å². The van der Waals surface area contributed by atoms with Crippen molar-refractivity contribution in [2.45, 2.75) is 65.6 Å². The summed E-state index contributed by atoms with van der Waals surface area (Å²) in [6.45, 7) is 8.06. The van der Waals surface area contributed by atoms with Gasteiger partial charge in [0, 0.05) is 24.2 Å². The molecular weight excluding hydrogens is 558 g/mol. The van der Waals surface area contributed by atoms with Crippen LogP contribution in [-0.2, 0) is 27.3 Å². The third kappa shape index (κ3) is 10.7. The van der Waals surface area contributed by atoms with Crippen LogP contribution in [-0.4, -0.2) is 47.4 Å². The second kappa shape index (κ2) is 15.2. The van der Waals surface area contributed by atoms with Gasteiger partial charge in [-0.3, -0.25) is 19.2 Å². The number of amides is 4. The SMILES string of the molecule is Cc1cc(C(=O)N[C@@H](CC(=O)NCC(C)(C)C)C(=O)N[C@@H](CCc2ccccc2)C(=O)NCc2ccccc2Cl)no1. The minimum Gasteiger partial charge on any atom is -0.361 e. The number of rotatable bonds is 13. The third-order valence-corrected chi connectivity index (χ3v) is 6.66. The van der Waals surface area contributed by atoms with E-state index in [2.05, 4.69) is 26.4 Å². The number of aromatic nitrogens is 1. The maximum Gasteiger partial charge on any atom is 0.274 e.